The number of benzene rings is 1. The summed E-state index contributed by atoms with van der Waals surface area (Å²) in [5.41, 5.74) is 0.946. The van der Waals surface area contributed by atoms with Crippen molar-refractivity contribution >= 4 is 35.1 Å². The largest absolute Gasteiger partial charge is 0.439 e. The van der Waals surface area contributed by atoms with E-state index in [0.29, 0.717) is 28.1 Å². The highest BCUT2D eigenvalue weighted by molar-refractivity contribution is 6.42. The van der Waals surface area contributed by atoms with Crippen LogP contribution in [0.3, 0.4) is 0 Å². The minimum absolute atomic E-state index is 0.186. The molecule has 0 bridgehead atoms. The highest BCUT2D eigenvalue weighted by Crippen LogP contribution is 2.28. The quantitative estimate of drug-likeness (QED) is 0.660. The van der Waals surface area contributed by atoms with Gasteiger partial charge >= 0.3 is 0 Å². The maximum Gasteiger partial charge on any atom is 0.219 e. The van der Waals surface area contributed by atoms with Crippen molar-refractivity contribution in [3.63, 3.8) is 0 Å². The van der Waals surface area contributed by atoms with Crippen LogP contribution in [-0.4, -0.2) is 10.8 Å². The van der Waals surface area contributed by atoms with E-state index in [1.54, 1.807) is 37.4 Å². The Hall–Kier alpha value is -1.84. The van der Waals surface area contributed by atoms with Crippen molar-refractivity contribution in [1.29, 1.82) is 0 Å². The molecule has 0 saturated heterocycles. The summed E-state index contributed by atoms with van der Waals surface area (Å²) < 4.78 is 5.62. The van der Waals surface area contributed by atoms with E-state index in [4.69, 9.17) is 27.9 Å². The first-order valence-corrected chi connectivity index (χ1v) is 7.96. The van der Waals surface area contributed by atoms with Crippen LogP contribution in [0, 0.1) is 5.92 Å². The van der Waals surface area contributed by atoms with Crippen molar-refractivity contribution in [3.05, 3.63) is 58.2 Å². The zero-order valence-electron chi connectivity index (χ0n) is 12.9. The van der Waals surface area contributed by atoms with Crippen molar-refractivity contribution in [2.24, 2.45) is 5.92 Å². The van der Waals surface area contributed by atoms with Gasteiger partial charge < -0.3 is 9.53 Å². The van der Waals surface area contributed by atoms with Gasteiger partial charge in [-0.3, -0.25) is 0 Å². The summed E-state index contributed by atoms with van der Waals surface area (Å²) in [6.45, 7) is 3.61. The van der Waals surface area contributed by atoms with Crippen molar-refractivity contribution in [1.82, 2.24) is 4.98 Å². The molecule has 0 N–H and O–H groups in total. The maximum absolute atomic E-state index is 11.0. The van der Waals surface area contributed by atoms with Gasteiger partial charge in [0.25, 0.3) is 0 Å². The van der Waals surface area contributed by atoms with Gasteiger partial charge in [0.2, 0.25) is 5.88 Å². The van der Waals surface area contributed by atoms with E-state index in [1.165, 1.54) is 0 Å². The van der Waals surface area contributed by atoms with Gasteiger partial charge in [0.1, 0.15) is 11.5 Å². The number of carbonyl (C=O) groups is 1. The summed E-state index contributed by atoms with van der Waals surface area (Å²) in [4.78, 5) is 15.3. The van der Waals surface area contributed by atoms with Gasteiger partial charge in [0.15, 0.2) is 0 Å². The van der Waals surface area contributed by atoms with E-state index in [1.807, 2.05) is 25.1 Å². The van der Waals surface area contributed by atoms with Crippen LogP contribution in [0.4, 0.5) is 0 Å². The van der Waals surface area contributed by atoms with E-state index in [0.717, 1.165) is 5.56 Å². The third-order valence-electron chi connectivity index (χ3n) is 3.10. The second kappa shape index (κ2) is 8.14. The number of ether oxygens (including phenoxy) is 1. The van der Waals surface area contributed by atoms with Crippen LogP contribution >= 0.6 is 23.2 Å². The number of pyridine rings is 1. The van der Waals surface area contributed by atoms with Gasteiger partial charge in [0, 0.05) is 24.8 Å². The van der Waals surface area contributed by atoms with E-state index in [9.17, 15) is 4.79 Å². The number of ketones is 1. The standard InChI is InChI=1S/C18H17Cl2NO2/c1-12(9-13(2)22)3-4-14-5-8-18(21-11-14)23-15-6-7-16(19)17(20)10-15/h3-8,10-12H,9H2,1-2H3/b4-3+/t12-/m0/s1. The first kappa shape index (κ1) is 17.5. The van der Waals surface area contributed by atoms with Crippen LogP contribution in [0.1, 0.15) is 25.8 Å². The Kier molecular flexibility index (Phi) is 6.20. The molecule has 120 valence electrons. The van der Waals surface area contributed by atoms with E-state index in [2.05, 4.69) is 4.98 Å². The lowest BCUT2D eigenvalue weighted by atomic mass is 10.0. The van der Waals surface area contributed by atoms with E-state index >= 15 is 0 Å². The Balaban J connectivity index is 2.00. The summed E-state index contributed by atoms with van der Waals surface area (Å²) in [6.07, 6.45) is 6.20. The summed E-state index contributed by atoms with van der Waals surface area (Å²) in [7, 11) is 0. The van der Waals surface area contributed by atoms with Gasteiger partial charge in [-0.15, -0.1) is 0 Å². The molecule has 0 spiro atoms. The summed E-state index contributed by atoms with van der Waals surface area (Å²) in [5.74, 6) is 1.44. The molecule has 1 aromatic heterocycles. The smallest absolute Gasteiger partial charge is 0.219 e. The third kappa shape index (κ3) is 5.70. The molecule has 0 aliphatic heterocycles. The first-order valence-electron chi connectivity index (χ1n) is 7.20. The van der Waals surface area contributed by atoms with Gasteiger partial charge in [-0.05, 0) is 36.6 Å². The Morgan fingerprint density at radius 2 is 2.04 bits per heavy atom. The Morgan fingerprint density at radius 1 is 1.26 bits per heavy atom. The third-order valence-corrected chi connectivity index (χ3v) is 3.84. The molecule has 0 fully saturated rings. The monoisotopic (exact) mass is 349 g/mol. The molecular formula is C18H17Cl2NO2. The molecule has 0 radical (unpaired) electrons. The Labute approximate surface area is 145 Å². The molecular weight excluding hydrogens is 333 g/mol. The average molecular weight is 350 g/mol. The minimum atomic E-state index is 0.186. The lowest BCUT2D eigenvalue weighted by molar-refractivity contribution is -0.117. The number of aromatic nitrogens is 1. The zero-order valence-corrected chi connectivity index (χ0v) is 14.4. The minimum Gasteiger partial charge on any atom is -0.439 e. The van der Waals surface area contributed by atoms with Gasteiger partial charge in [-0.25, -0.2) is 4.98 Å². The molecule has 2 rings (SSSR count). The fourth-order valence-corrected chi connectivity index (χ4v) is 2.30. The Bertz CT molecular complexity index is 711. The van der Waals surface area contributed by atoms with Crippen LogP contribution in [0.5, 0.6) is 11.6 Å². The fraction of sp³-hybridized carbons (Fsp3) is 0.222. The fourth-order valence-electron chi connectivity index (χ4n) is 2.01. The van der Waals surface area contributed by atoms with Crippen LogP contribution in [0.2, 0.25) is 10.0 Å². The molecule has 5 heteroatoms. The molecule has 0 amide bonds. The van der Waals surface area contributed by atoms with Crippen LogP contribution in [0.25, 0.3) is 6.08 Å². The van der Waals surface area contributed by atoms with Crippen LogP contribution in [-0.2, 0) is 4.79 Å². The van der Waals surface area contributed by atoms with E-state index < -0.39 is 0 Å². The van der Waals surface area contributed by atoms with Gasteiger partial charge in [-0.1, -0.05) is 42.3 Å². The molecule has 0 aliphatic carbocycles. The van der Waals surface area contributed by atoms with Gasteiger partial charge in [0.05, 0.1) is 10.0 Å². The van der Waals surface area contributed by atoms with Gasteiger partial charge in [-0.2, -0.15) is 0 Å². The highest BCUT2D eigenvalue weighted by atomic mass is 35.5. The predicted molar refractivity (Wildman–Crippen MR) is 94.3 cm³/mol. The molecule has 1 atom stereocenters. The average Bonchev–Trinajstić information content (AvgIpc) is 2.50. The molecule has 1 aromatic carbocycles. The molecule has 0 aliphatic rings. The number of rotatable bonds is 6. The number of allylic oxidation sites excluding steroid dienone is 1. The van der Waals surface area contributed by atoms with Crippen LogP contribution in [0.15, 0.2) is 42.6 Å². The van der Waals surface area contributed by atoms with Crippen LogP contribution < -0.4 is 4.74 Å². The van der Waals surface area contributed by atoms with Crippen molar-refractivity contribution in [3.8, 4) is 11.6 Å². The van der Waals surface area contributed by atoms with Crippen molar-refractivity contribution in [2.75, 3.05) is 0 Å². The SMILES string of the molecule is CC(=O)C[C@@H](C)/C=C/c1ccc(Oc2ccc(Cl)c(Cl)c2)nc1. The van der Waals surface area contributed by atoms with E-state index in [-0.39, 0.29) is 11.7 Å². The molecule has 1 heterocycles. The number of nitrogens with zero attached hydrogens (tertiary/aromatic N) is 1. The topological polar surface area (TPSA) is 39.2 Å². The second-order valence-electron chi connectivity index (χ2n) is 5.35. The number of hydrogen-bond acceptors (Lipinski definition) is 3. The normalized spacial score (nSPS) is 12.3. The zero-order chi connectivity index (χ0) is 16.8. The second-order valence-corrected chi connectivity index (χ2v) is 6.16. The first-order chi connectivity index (χ1) is 10.9. The van der Waals surface area contributed by atoms with Crippen molar-refractivity contribution < 1.29 is 9.53 Å². The molecule has 3 nitrogen and oxygen atoms in total. The number of hydrogen-bond donors (Lipinski definition) is 0. The lowest BCUT2D eigenvalue weighted by Gasteiger charge is -2.06. The summed E-state index contributed by atoms with van der Waals surface area (Å²) in [5, 5.41) is 0.912. The molecule has 0 unspecified atom stereocenters. The van der Waals surface area contributed by atoms with Crippen molar-refractivity contribution in [2.45, 2.75) is 20.3 Å². The predicted octanol–water partition coefficient (Wildman–Crippen LogP) is 5.81. The molecule has 0 saturated carbocycles. The Morgan fingerprint density at radius 3 is 2.65 bits per heavy atom. The summed E-state index contributed by atoms with van der Waals surface area (Å²) in [6, 6.07) is 8.72. The number of carbonyl (C=O) groups excluding carboxylic acids is 1. The summed E-state index contributed by atoms with van der Waals surface area (Å²) >= 11 is 11.8. The maximum atomic E-state index is 11.0. The number of Topliss-reactive ketones (excluding diaryl/α,β-unsaturated/α-hetero) is 1. The molecule has 23 heavy (non-hydrogen) atoms. The molecule has 2 aromatic rings. The highest BCUT2D eigenvalue weighted by Gasteiger charge is 2.03. The number of halogens is 2. The lowest BCUT2D eigenvalue weighted by Crippen LogP contribution is -1.97.